The molecule has 3 N–H and O–H groups in total. The van der Waals surface area contributed by atoms with Gasteiger partial charge in [0.25, 0.3) is 0 Å². The minimum atomic E-state index is -1.26. The van der Waals surface area contributed by atoms with Crippen LogP contribution in [-0.2, 0) is 11.3 Å². The summed E-state index contributed by atoms with van der Waals surface area (Å²) in [6.45, 7) is 1.87. The zero-order valence-electron chi connectivity index (χ0n) is 12.9. The van der Waals surface area contributed by atoms with E-state index in [0.717, 1.165) is 11.0 Å². The predicted molar refractivity (Wildman–Crippen MR) is 88.2 cm³/mol. The van der Waals surface area contributed by atoms with Crippen molar-refractivity contribution in [3.8, 4) is 5.75 Å². The molecule has 0 saturated heterocycles. The Morgan fingerprint density at radius 1 is 1.21 bits per heavy atom. The zero-order chi connectivity index (χ0) is 17.3. The molecule has 1 aromatic heterocycles. The number of fused-ring (bicyclic) bond motifs is 1. The van der Waals surface area contributed by atoms with E-state index in [1.807, 2.05) is 31.2 Å². The lowest BCUT2D eigenvalue weighted by molar-refractivity contribution is -0.116. The number of hydrogen-bond acceptors (Lipinski definition) is 4. The van der Waals surface area contributed by atoms with E-state index in [1.54, 1.807) is 4.57 Å². The highest BCUT2D eigenvalue weighted by Gasteiger charge is 2.13. The first-order valence-electron chi connectivity index (χ1n) is 7.24. The van der Waals surface area contributed by atoms with Crippen LogP contribution >= 0.6 is 0 Å². The number of rotatable bonds is 4. The quantitative estimate of drug-likeness (QED) is 0.639. The molecule has 3 rings (SSSR count). The summed E-state index contributed by atoms with van der Waals surface area (Å²) in [5, 5.41) is 21.1. The van der Waals surface area contributed by atoms with Crippen LogP contribution in [0.25, 0.3) is 11.0 Å². The van der Waals surface area contributed by atoms with Crippen molar-refractivity contribution >= 4 is 28.6 Å². The Balaban J connectivity index is 1.82. The fraction of sp³-hybridized carbons (Fsp3) is 0.118. The average Bonchev–Trinajstić information content (AvgIpc) is 2.85. The lowest BCUT2D eigenvalue weighted by Gasteiger charge is -2.09. The second-order valence-corrected chi connectivity index (χ2v) is 5.32. The normalized spacial score (nSPS) is 10.7. The van der Waals surface area contributed by atoms with Gasteiger partial charge < -0.3 is 20.1 Å². The van der Waals surface area contributed by atoms with E-state index in [-0.39, 0.29) is 23.8 Å². The summed E-state index contributed by atoms with van der Waals surface area (Å²) < 4.78 is 1.78. The number of phenols is 1. The first-order valence-corrected chi connectivity index (χ1v) is 7.24. The number of amides is 1. The molecule has 24 heavy (non-hydrogen) atoms. The number of hydrogen-bond donors (Lipinski definition) is 3. The van der Waals surface area contributed by atoms with Gasteiger partial charge in [-0.1, -0.05) is 12.1 Å². The maximum atomic E-state index is 12.3. The van der Waals surface area contributed by atoms with Crippen LogP contribution < -0.4 is 5.32 Å². The van der Waals surface area contributed by atoms with Gasteiger partial charge in [-0.05, 0) is 37.3 Å². The highest BCUT2D eigenvalue weighted by molar-refractivity contribution is 5.96. The fourth-order valence-electron chi connectivity index (χ4n) is 2.52. The van der Waals surface area contributed by atoms with E-state index in [4.69, 9.17) is 5.11 Å². The Morgan fingerprint density at radius 3 is 2.71 bits per heavy atom. The van der Waals surface area contributed by atoms with Crippen molar-refractivity contribution in [2.45, 2.75) is 13.5 Å². The van der Waals surface area contributed by atoms with Crippen LogP contribution in [0.5, 0.6) is 5.75 Å². The summed E-state index contributed by atoms with van der Waals surface area (Å²) in [4.78, 5) is 27.7. The highest BCUT2D eigenvalue weighted by atomic mass is 16.4. The molecule has 7 nitrogen and oxygen atoms in total. The molecule has 122 valence electrons. The Labute approximate surface area is 137 Å². The molecule has 2 aromatic carbocycles. The topological polar surface area (TPSA) is 104 Å². The number of para-hydroxylation sites is 2. The van der Waals surface area contributed by atoms with Crippen LogP contribution in [-0.4, -0.2) is 31.6 Å². The SMILES string of the molecule is Cc1nc2ccccc2n1CC(=O)Nc1ccc(O)c(C(=O)O)c1. The largest absolute Gasteiger partial charge is 0.507 e. The average molecular weight is 325 g/mol. The van der Waals surface area contributed by atoms with Crippen molar-refractivity contribution in [2.75, 3.05) is 5.32 Å². The third kappa shape index (κ3) is 2.91. The lowest BCUT2D eigenvalue weighted by atomic mass is 10.2. The first kappa shape index (κ1) is 15.5. The van der Waals surface area contributed by atoms with Gasteiger partial charge in [-0.15, -0.1) is 0 Å². The van der Waals surface area contributed by atoms with Gasteiger partial charge in [0.05, 0.1) is 11.0 Å². The number of benzene rings is 2. The number of aryl methyl sites for hydroxylation is 1. The third-order valence-electron chi connectivity index (χ3n) is 3.66. The van der Waals surface area contributed by atoms with Gasteiger partial charge in [-0.2, -0.15) is 0 Å². The van der Waals surface area contributed by atoms with Crippen molar-refractivity contribution in [3.05, 3.63) is 53.9 Å². The fourth-order valence-corrected chi connectivity index (χ4v) is 2.52. The number of aromatic hydroxyl groups is 1. The van der Waals surface area contributed by atoms with Crippen LogP contribution in [0.1, 0.15) is 16.2 Å². The van der Waals surface area contributed by atoms with Gasteiger partial charge in [0.2, 0.25) is 5.91 Å². The smallest absolute Gasteiger partial charge is 0.339 e. The summed E-state index contributed by atoms with van der Waals surface area (Å²) in [5.41, 5.74) is 1.69. The molecule has 0 saturated carbocycles. The molecule has 1 heterocycles. The van der Waals surface area contributed by atoms with E-state index in [1.165, 1.54) is 18.2 Å². The van der Waals surface area contributed by atoms with Crippen LogP contribution in [0.4, 0.5) is 5.69 Å². The van der Waals surface area contributed by atoms with Crippen molar-refractivity contribution < 1.29 is 19.8 Å². The standard InChI is InChI=1S/C17H15N3O4/c1-10-18-13-4-2-3-5-14(13)20(10)9-16(22)19-11-6-7-15(21)12(8-11)17(23)24/h2-8,21H,9H2,1H3,(H,19,22)(H,23,24). The van der Waals surface area contributed by atoms with E-state index in [0.29, 0.717) is 11.5 Å². The number of anilines is 1. The molecular formula is C17H15N3O4. The van der Waals surface area contributed by atoms with Crippen LogP contribution in [0.2, 0.25) is 0 Å². The summed E-state index contributed by atoms with van der Waals surface area (Å²) in [6, 6.07) is 11.4. The summed E-state index contributed by atoms with van der Waals surface area (Å²) >= 11 is 0. The van der Waals surface area contributed by atoms with Crippen LogP contribution in [0, 0.1) is 6.92 Å². The Bertz CT molecular complexity index is 946. The minimum absolute atomic E-state index is 0.0512. The second kappa shape index (κ2) is 6.04. The molecule has 1 amide bonds. The number of aromatic carboxylic acids is 1. The maximum absolute atomic E-state index is 12.3. The molecule has 0 spiro atoms. The van der Waals surface area contributed by atoms with Crippen molar-refractivity contribution in [2.24, 2.45) is 0 Å². The number of nitrogens with one attached hydrogen (secondary N) is 1. The lowest BCUT2D eigenvalue weighted by Crippen LogP contribution is -2.19. The number of aromatic nitrogens is 2. The van der Waals surface area contributed by atoms with E-state index in [2.05, 4.69) is 10.3 Å². The van der Waals surface area contributed by atoms with Gasteiger partial charge in [0, 0.05) is 5.69 Å². The monoisotopic (exact) mass is 325 g/mol. The molecule has 0 atom stereocenters. The summed E-state index contributed by atoms with van der Waals surface area (Å²) in [5.74, 6) is -1.22. The molecule has 0 unspecified atom stereocenters. The van der Waals surface area contributed by atoms with Crippen molar-refractivity contribution in [1.29, 1.82) is 0 Å². The number of nitrogens with zero attached hydrogens (tertiary/aromatic N) is 2. The molecule has 0 aliphatic rings. The Kier molecular flexibility index (Phi) is 3.91. The molecular weight excluding hydrogens is 310 g/mol. The number of carbonyl (C=O) groups is 2. The summed E-state index contributed by atoms with van der Waals surface area (Å²) in [7, 11) is 0. The van der Waals surface area contributed by atoms with E-state index in [9.17, 15) is 14.7 Å². The third-order valence-corrected chi connectivity index (χ3v) is 3.66. The van der Waals surface area contributed by atoms with Gasteiger partial charge in [-0.25, -0.2) is 9.78 Å². The van der Waals surface area contributed by atoms with Gasteiger partial charge in [0.1, 0.15) is 23.7 Å². The second-order valence-electron chi connectivity index (χ2n) is 5.32. The van der Waals surface area contributed by atoms with E-state index >= 15 is 0 Å². The predicted octanol–water partition coefficient (Wildman–Crippen LogP) is 2.39. The number of carboxylic acid groups (broad SMARTS) is 1. The molecule has 0 bridgehead atoms. The number of imidazole rings is 1. The van der Waals surface area contributed by atoms with Crippen LogP contribution in [0.3, 0.4) is 0 Å². The highest BCUT2D eigenvalue weighted by Crippen LogP contribution is 2.22. The first-order chi connectivity index (χ1) is 11.5. The Hall–Kier alpha value is -3.35. The molecule has 0 radical (unpaired) electrons. The number of carboxylic acids is 1. The minimum Gasteiger partial charge on any atom is -0.507 e. The van der Waals surface area contributed by atoms with Crippen LogP contribution in [0.15, 0.2) is 42.5 Å². The zero-order valence-corrected chi connectivity index (χ0v) is 12.9. The van der Waals surface area contributed by atoms with Crippen molar-refractivity contribution in [1.82, 2.24) is 9.55 Å². The van der Waals surface area contributed by atoms with Gasteiger partial charge in [-0.3, -0.25) is 4.79 Å². The van der Waals surface area contributed by atoms with Crippen molar-refractivity contribution in [3.63, 3.8) is 0 Å². The Morgan fingerprint density at radius 2 is 1.96 bits per heavy atom. The maximum Gasteiger partial charge on any atom is 0.339 e. The van der Waals surface area contributed by atoms with E-state index < -0.39 is 5.97 Å². The number of carbonyl (C=O) groups excluding carboxylic acids is 1. The summed E-state index contributed by atoms with van der Waals surface area (Å²) in [6.07, 6.45) is 0. The molecule has 3 aromatic rings. The molecule has 0 fully saturated rings. The molecule has 0 aliphatic heterocycles. The molecule has 0 aliphatic carbocycles. The van der Waals surface area contributed by atoms with Gasteiger partial charge in [0.15, 0.2) is 0 Å². The molecule has 7 heteroatoms. The van der Waals surface area contributed by atoms with Gasteiger partial charge >= 0.3 is 5.97 Å².